The normalized spacial score (nSPS) is 21.2. The minimum Gasteiger partial charge on any atom is -0.457 e. The van der Waals surface area contributed by atoms with Gasteiger partial charge in [0.15, 0.2) is 6.17 Å². The van der Waals surface area contributed by atoms with Gasteiger partial charge in [-0.2, -0.15) is 0 Å². The third-order valence-corrected chi connectivity index (χ3v) is 6.99. The van der Waals surface area contributed by atoms with E-state index in [1.165, 1.54) is 10.4 Å². The molecule has 138 valence electrons. The van der Waals surface area contributed by atoms with Crippen molar-refractivity contribution in [2.45, 2.75) is 32.4 Å². The number of halogens is 1. The number of hydrogen-bond donors (Lipinski definition) is 2. The van der Waals surface area contributed by atoms with Crippen LogP contribution in [0.5, 0.6) is 0 Å². The zero-order chi connectivity index (χ0) is 18.5. The molecular formula is C21H19BrN2O2S. The third-order valence-electron chi connectivity index (χ3n) is 5.31. The van der Waals surface area contributed by atoms with Crippen LogP contribution in [0.1, 0.15) is 46.1 Å². The van der Waals surface area contributed by atoms with Gasteiger partial charge in [0, 0.05) is 14.9 Å². The molecule has 0 saturated carbocycles. The zero-order valence-electron chi connectivity index (χ0n) is 14.8. The van der Waals surface area contributed by atoms with Crippen LogP contribution in [0.4, 0.5) is 5.00 Å². The predicted molar refractivity (Wildman–Crippen MR) is 111 cm³/mol. The van der Waals surface area contributed by atoms with E-state index in [-0.39, 0.29) is 12.1 Å². The number of nitrogens with one attached hydrogen (secondary N) is 2. The van der Waals surface area contributed by atoms with Crippen LogP contribution in [0.3, 0.4) is 0 Å². The first kappa shape index (κ1) is 17.1. The van der Waals surface area contributed by atoms with E-state index in [0.717, 1.165) is 45.6 Å². The molecule has 2 N–H and O–H groups in total. The topological polar surface area (TPSA) is 54.3 Å². The van der Waals surface area contributed by atoms with Crippen LogP contribution < -0.4 is 10.6 Å². The van der Waals surface area contributed by atoms with Gasteiger partial charge >= 0.3 is 0 Å². The fourth-order valence-corrected chi connectivity index (χ4v) is 5.75. The Bertz CT molecular complexity index is 1040. The molecule has 5 rings (SSSR count). The van der Waals surface area contributed by atoms with Gasteiger partial charge in [-0.15, -0.1) is 11.3 Å². The van der Waals surface area contributed by atoms with Crippen LogP contribution in [-0.4, -0.2) is 5.91 Å². The Balaban J connectivity index is 1.45. The van der Waals surface area contributed by atoms with E-state index in [0.29, 0.717) is 11.7 Å². The Morgan fingerprint density at radius 3 is 2.96 bits per heavy atom. The van der Waals surface area contributed by atoms with Crippen molar-refractivity contribution in [3.05, 3.63) is 62.6 Å². The Kier molecular flexibility index (Phi) is 4.13. The molecule has 1 amide bonds. The number of thiophene rings is 1. The number of rotatable bonds is 2. The second kappa shape index (κ2) is 6.53. The van der Waals surface area contributed by atoms with Crippen molar-refractivity contribution in [2.24, 2.45) is 5.92 Å². The highest BCUT2D eigenvalue weighted by Gasteiger charge is 2.34. The highest BCUT2D eigenvalue weighted by atomic mass is 79.9. The molecule has 27 heavy (non-hydrogen) atoms. The van der Waals surface area contributed by atoms with Gasteiger partial charge in [0.05, 0.1) is 5.56 Å². The van der Waals surface area contributed by atoms with Crippen LogP contribution in [0.2, 0.25) is 0 Å². The SMILES string of the molecule is C[C@H]1CCc2c(sc3c2C(=O)N[C@@H](c2ccc(-c4cccc(Br)c4)o2)N3)C1. The van der Waals surface area contributed by atoms with Crippen molar-refractivity contribution >= 4 is 38.2 Å². The lowest BCUT2D eigenvalue weighted by Crippen LogP contribution is -2.38. The Labute approximate surface area is 170 Å². The Morgan fingerprint density at radius 1 is 1.22 bits per heavy atom. The van der Waals surface area contributed by atoms with E-state index in [1.54, 1.807) is 11.3 Å². The quantitative estimate of drug-likeness (QED) is 0.530. The van der Waals surface area contributed by atoms with Gasteiger partial charge in [-0.1, -0.05) is 35.0 Å². The predicted octanol–water partition coefficient (Wildman–Crippen LogP) is 5.75. The lowest BCUT2D eigenvalue weighted by Gasteiger charge is -2.25. The molecule has 1 aliphatic heterocycles. The monoisotopic (exact) mass is 442 g/mol. The lowest BCUT2D eigenvalue weighted by molar-refractivity contribution is 0.0930. The Morgan fingerprint density at radius 2 is 2.11 bits per heavy atom. The molecule has 1 aromatic carbocycles. The number of anilines is 1. The number of amides is 1. The van der Waals surface area contributed by atoms with Crippen molar-refractivity contribution in [1.29, 1.82) is 0 Å². The van der Waals surface area contributed by atoms with Crippen molar-refractivity contribution in [1.82, 2.24) is 5.32 Å². The molecular weight excluding hydrogens is 424 g/mol. The number of furan rings is 1. The molecule has 0 fully saturated rings. The van der Waals surface area contributed by atoms with Gasteiger partial charge in [0.2, 0.25) is 0 Å². The molecule has 2 aromatic heterocycles. The molecule has 3 heterocycles. The zero-order valence-corrected chi connectivity index (χ0v) is 17.2. The Hall–Kier alpha value is -2.05. The van der Waals surface area contributed by atoms with E-state index < -0.39 is 0 Å². The molecule has 2 aliphatic rings. The molecule has 2 atom stereocenters. The summed E-state index contributed by atoms with van der Waals surface area (Å²) in [6.07, 6.45) is 2.88. The lowest BCUT2D eigenvalue weighted by atomic mass is 9.88. The number of carbonyl (C=O) groups excluding carboxylic acids is 1. The van der Waals surface area contributed by atoms with Crippen LogP contribution in [0, 0.1) is 5.92 Å². The first-order valence-electron chi connectivity index (χ1n) is 9.16. The summed E-state index contributed by atoms with van der Waals surface area (Å²) < 4.78 is 7.06. The van der Waals surface area contributed by atoms with Crippen LogP contribution in [0.25, 0.3) is 11.3 Å². The molecule has 4 nitrogen and oxygen atoms in total. The minimum atomic E-state index is -0.344. The van der Waals surface area contributed by atoms with E-state index in [1.807, 2.05) is 36.4 Å². The average molecular weight is 443 g/mol. The van der Waals surface area contributed by atoms with E-state index in [4.69, 9.17) is 4.42 Å². The first-order valence-corrected chi connectivity index (χ1v) is 10.8. The van der Waals surface area contributed by atoms with Gasteiger partial charge in [0.1, 0.15) is 16.5 Å². The third kappa shape index (κ3) is 3.01. The minimum absolute atomic E-state index is 0.00112. The van der Waals surface area contributed by atoms with E-state index in [9.17, 15) is 4.79 Å². The number of carbonyl (C=O) groups is 1. The molecule has 1 aliphatic carbocycles. The van der Waals surface area contributed by atoms with Crippen LogP contribution in [0.15, 0.2) is 45.3 Å². The second-order valence-corrected chi connectivity index (χ2v) is 9.34. The smallest absolute Gasteiger partial charge is 0.256 e. The molecule has 6 heteroatoms. The van der Waals surface area contributed by atoms with Gasteiger partial charge in [-0.25, -0.2) is 0 Å². The van der Waals surface area contributed by atoms with Gasteiger partial charge in [-0.3, -0.25) is 4.79 Å². The standard InChI is InChI=1S/C21H19BrN2O2S/c1-11-5-6-14-17(9-11)27-21-18(14)20(25)23-19(24-21)16-8-7-15(26-16)12-3-2-4-13(22)10-12/h2-4,7-8,10-11,19,24H,5-6,9H2,1H3,(H,23,25)/t11-,19+/m0/s1. The van der Waals surface area contributed by atoms with Crippen LogP contribution in [-0.2, 0) is 12.8 Å². The van der Waals surface area contributed by atoms with Gasteiger partial charge < -0.3 is 15.1 Å². The number of fused-ring (bicyclic) bond motifs is 3. The first-order chi connectivity index (χ1) is 13.1. The molecule has 3 aromatic rings. The summed E-state index contributed by atoms with van der Waals surface area (Å²) in [5.74, 6) is 2.19. The largest absolute Gasteiger partial charge is 0.457 e. The van der Waals surface area contributed by atoms with Crippen molar-refractivity contribution < 1.29 is 9.21 Å². The summed E-state index contributed by atoms with van der Waals surface area (Å²) in [6.45, 7) is 2.28. The molecule has 0 radical (unpaired) electrons. The maximum absolute atomic E-state index is 12.8. The van der Waals surface area contributed by atoms with Crippen LogP contribution >= 0.6 is 27.3 Å². The van der Waals surface area contributed by atoms with E-state index in [2.05, 4.69) is 33.5 Å². The number of hydrogen-bond acceptors (Lipinski definition) is 4. The van der Waals surface area contributed by atoms with Crippen molar-refractivity contribution in [3.63, 3.8) is 0 Å². The summed E-state index contributed by atoms with van der Waals surface area (Å²) in [6, 6.07) is 11.9. The van der Waals surface area contributed by atoms with E-state index >= 15 is 0 Å². The highest BCUT2D eigenvalue weighted by molar-refractivity contribution is 9.10. The molecule has 0 saturated heterocycles. The molecule has 0 unspecified atom stereocenters. The molecule has 0 bridgehead atoms. The summed E-state index contributed by atoms with van der Waals surface area (Å²) in [5.41, 5.74) is 3.08. The van der Waals surface area contributed by atoms with Crippen molar-refractivity contribution in [2.75, 3.05) is 5.32 Å². The highest BCUT2D eigenvalue weighted by Crippen LogP contribution is 2.42. The maximum Gasteiger partial charge on any atom is 0.256 e. The summed E-state index contributed by atoms with van der Waals surface area (Å²) in [4.78, 5) is 14.2. The van der Waals surface area contributed by atoms with Gasteiger partial charge in [-0.05, 0) is 55.0 Å². The fourth-order valence-electron chi connectivity index (χ4n) is 3.91. The van der Waals surface area contributed by atoms with Gasteiger partial charge in [0.25, 0.3) is 5.91 Å². The summed E-state index contributed by atoms with van der Waals surface area (Å²) >= 11 is 5.22. The number of benzene rings is 1. The molecule has 0 spiro atoms. The summed E-state index contributed by atoms with van der Waals surface area (Å²) in [5, 5.41) is 7.52. The van der Waals surface area contributed by atoms with Crippen molar-refractivity contribution in [3.8, 4) is 11.3 Å². The maximum atomic E-state index is 12.8. The second-order valence-electron chi connectivity index (χ2n) is 7.32. The fraction of sp³-hybridized carbons (Fsp3) is 0.286. The summed E-state index contributed by atoms with van der Waals surface area (Å²) in [7, 11) is 0. The average Bonchev–Trinajstić information content (AvgIpc) is 3.26.